The van der Waals surface area contributed by atoms with Crippen molar-refractivity contribution in [2.75, 3.05) is 6.54 Å². The van der Waals surface area contributed by atoms with Crippen LogP contribution in [0.3, 0.4) is 0 Å². The first-order valence-corrected chi connectivity index (χ1v) is 6.39. The standard InChI is InChI=1S/C12H22N2O2/c1-8-7-9(5-6-13-8)10-3-2-4-11(14-10)12(15)16/h8-11,13-14H,2-7H2,1H3,(H,15,16). The van der Waals surface area contributed by atoms with Crippen molar-refractivity contribution in [1.29, 1.82) is 0 Å². The van der Waals surface area contributed by atoms with E-state index >= 15 is 0 Å². The molecule has 0 bridgehead atoms. The maximum absolute atomic E-state index is 11.0. The van der Waals surface area contributed by atoms with Gasteiger partial charge in [-0.1, -0.05) is 0 Å². The minimum absolute atomic E-state index is 0.316. The predicted octanol–water partition coefficient (Wildman–Crippen LogP) is 0.970. The average molecular weight is 226 g/mol. The Balaban J connectivity index is 1.90. The quantitative estimate of drug-likeness (QED) is 0.656. The minimum atomic E-state index is -0.688. The summed E-state index contributed by atoms with van der Waals surface area (Å²) in [7, 11) is 0. The molecule has 16 heavy (non-hydrogen) atoms. The summed E-state index contributed by atoms with van der Waals surface area (Å²) in [5, 5.41) is 15.8. The lowest BCUT2D eigenvalue weighted by Crippen LogP contribution is -2.52. The summed E-state index contributed by atoms with van der Waals surface area (Å²) in [6.45, 7) is 3.28. The molecule has 2 rings (SSSR count). The summed E-state index contributed by atoms with van der Waals surface area (Å²) >= 11 is 0. The van der Waals surface area contributed by atoms with Crippen molar-refractivity contribution >= 4 is 5.97 Å². The molecule has 0 amide bonds. The maximum atomic E-state index is 11.0. The van der Waals surface area contributed by atoms with Crippen molar-refractivity contribution in [3.63, 3.8) is 0 Å². The maximum Gasteiger partial charge on any atom is 0.320 e. The van der Waals surface area contributed by atoms with Gasteiger partial charge in [-0.2, -0.15) is 0 Å². The topological polar surface area (TPSA) is 61.4 Å². The summed E-state index contributed by atoms with van der Waals surface area (Å²) in [6, 6.07) is 0.675. The van der Waals surface area contributed by atoms with Crippen LogP contribution in [0.15, 0.2) is 0 Å². The molecule has 4 heteroatoms. The van der Waals surface area contributed by atoms with Crippen molar-refractivity contribution in [2.45, 2.75) is 57.2 Å². The van der Waals surface area contributed by atoms with E-state index in [-0.39, 0.29) is 6.04 Å². The van der Waals surface area contributed by atoms with E-state index in [0.29, 0.717) is 18.0 Å². The second-order valence-corrected chi connectivity index (χ2v) is 5.23. The van der Waals surface area contributed by atoms with Gasteiger partial charge in [0.05, 0.1) is 0 Å². The van der Waals surface area contributed by atoms with Gasteiger partial charge >= 0.3 is 5.97 Å². The van der Waals surface area contributed by atoms with Crippen molar-refractivity contribution in [2.24, 2.45) is 5.92 Å². The van der Waals surface area contributed by atoms with Crippen LogP contribution in [0.4, 0.5) is 0 Å². The molecule has 2 heterocycles. The van der Waals surface area contributed by atoms with Crippen molar-refractivity contribution in [3.8, 4) is 0 Å². The number of rotatable bonds is 2. The molecule has 0 aromatic heterocycles. The molecule has 4 atom stereocenters. The molecular weight excluding hydrogens is 204 g/mol. The third-order valence-corrected chi connectivity index (χ3v) is 3.95. The van der Waals surface area contributed by atoms with Gasteiger partial charge in [0.15, 0.2) is 0 Å². The van der Waals surface area contributed by atoms with Crippen LogP contribution >= 0.6 is 0 Å². The minimum Gasteiger partial charge on any atom is -0.480 e. The number of nitrogens with one attached hydrogen (secondary N) is 2. The van der Waals surface area contributed by atoms with Crippen LogP contribution in [-0.4, -0.2) is 35.7 Å². The normalized spacial score (nSPS) is 40.6. The summed E-state index contributed by atoms with van der Waals surface area (Å²) in [6.07, 6.45) is 5.32. The fourth-order valence-corrected chi connectivity index (χ4v) is 3.07. The van der Waals surface area contributed by atoms with Crippen LogP contribution in [0.1, 0.15) is 39.0 Å². The highest BCUT2D eigenvalue weighted by Crippen LogP contribution is 2.26. The summed E-state index contributed by atoms with van der Waals surface area (Å²) in [5.41, 5.74) is 0. The van der Waals surface area contributed by atoms with Crippen molar-refractivity contribution in [1.82, 2.24) is 10.6 Å². The van der Waals surface area contributed by atoms with Crippen LogP contribution in [0.2, 0.25) is 0 Å². The number of piperidine rings is 2. The molecule has 0 aromatic carbocycles. The number of hydrogen-bond donors (Lipinski definition) is 3. The Bertz CT molecular complexity index is 257. The zero-order valence-electron chi connectivity index (χ0n) is 9.91. The first-order chi connectivity index (χ1) is 7.66. The van der Waals surface area contributed by atoms with Crippen molar-refractivity contribution in [3.05, 3.63) is 0 Å². The Kier molecular flexibility index (Phi) is 3.82. The molecule has 0 aliphatic carbocycles. The number of carboxylic acids is 1. The highest BCUT2D eigenvalue weighted by Gasteiger charge is 2.32. The third-order valence-electron chi connectivity index (χ3n) is 3.95. The Morgan fingerprint density at radius 2 is 2.12 bits per heavy atom. The van der Waals surface area contributed by atoms with Gasteiger partial charge in [-0.05, 0) is 51.5 Å². The van der Waals surface area contributed by atoms with Crippen LogP contribution in [0.25, 0.3) is 0 Å². The molecule has 3 N–H and O–H groups in total. The molecule has 4 unspecified atom stereocenters. The van der Waals surface area contributed by atoms with E-state index in [1.165, 1.54) is 12.8 Å². The zero-order chi connectivity index (χ0) is 11.5. The van der Waals surface area contributed by atoms with Gasteiger partial charge in [0.1, 0.15) is 6.04 Å². The smallest absolute Gasteiger partial charge is 0.320 e. The van der Waals surface area contributed by atoms with Gasteiger partial charge < -0.3 is 15.7 Å². The zero-order valence-corrected chi connectivity index (χ0v) is 9.91. The van der Waals surface area contributed by atoms with Gasteiger partial charge in [-0.3, -0.25) is 4.79 Å². The fraction of sp³-hybridized carbons (Fsp3) is 0.917. The van der Waals surface area contributed by atoms with E-state index in [4.69, 9.17) is 5.11 Å². The summed E-state index contributed by atoms with van der Waals surface area (Å²) in [5.74, 6) is -0.0370. The van der Waals surface area contributed by atoms with Crippen LogP contribution in [-0.2, 0) is 4.79 Å². The first kappa shape index (κ1) is 11.9. The largest absolute Gasteiger partial charge is 0.480 e. The van der Waals surface area contributed by atoms with Crippen molar-refractivity contribution < 1.29 is 9.90 Å². The van der Waals surface area contributed by atoms with Gasteiger partial charge in [0.2, 0.25) is 0 Å². The molecule has 0 aromatic rings. The molecule has 4 nitrogen and oxygen atoms in total. The van der Waals surface area contributed by atoms with Crippen LogP contribution in [0.5, 0.6) is 0 Å². The van der Waals surface area contributed by atoms with E-state index in [2.05, 4.69) is 17.6 Å². The molecule has 0 saturated carbocycles. The molecule has 0 radical (unpaired) electrons. The predicted molar refractivity (Wildman–Crippen MR) is 62.4 cm³/mol. The Hall–Kier alpha value is -0.610. The number of aliphatic carboxylic acids is 1. The lowest BCUT2D eigenvalue weighted by molar-refractivity contribution is -0.140. The van der Waals surface area contributed by atoms with Crippen LogP contribution in [0, 0.1) is 5.92 Å². The number of carbonyl (C=O) groups is 1. The van der Waals surface area contributed by atoms with E-state index < -0.39 is 5.97 Å². The molecule has 2 saturated heterocycles. The van der Waals surface area contributed by atoms with Crippen LogP contribution < -0.4 is 10.6 Å². The molecule has 2 fully saturated rings. The molecular formula is C12H22N2O2. The number of carboxylic acid groups (broad SMARTS) is 1. The first-order valence-electron chi connectivity index (χ1n) is 6.39. The van der Waals surface area contributed by atoms with E-state index in [1.807, 2.05) is 0 Å². The highest BCUT2D eigenvalue weighted by atomic mass is 16.4. The second kappa shape index (κ2) is 5.15. The van der Waals surface area contributed by atoms with Gasteiger partial charge in [-0.25, -0.2) is 0 Å². The van der Waals surface area contributed by atoms with E-state index in [0.717, 1.165) is 25.8 Å². The fourth-order valence-electron chi connectivity index (χ4n) is 3.07. The van der Waals surface area contributed by atoms with E-state index in [1.54, 1.807) is 0 Å². The highest BCUT2D eigenvalue weighted by molar-refractivity contribution is 5.73. The average Bonchev–Trinajstić information content (AvgIpc) is 2.29. The Labute approximate surface area is 96.8 Å². The van der Waals surface area contributed by atoms with Gasteiger partial charge in [0.25, 0.3) is 0 Å². The monoisotopic (exact) mass is 226 g/mol. The molecule has 0 spiro atoms. The Morgan fingerprint density at radius 3 is 2.81 bits per heavy atom. The Morgan fingerprint density at radius 1 is 1.31 bits per heavy atom. The van der Waals surface area contributed by atoms with E-state index in [9.17, 15) is 4.79 Å². The summed E-state index contributed by atoms with van der Waals surface area (Å²) in [4.78, 5) is 11.0. The lowest BCUT2D eigenvalue weighted by Gasteiger charge is -2.38. The van der Waals surface area contributed by atoms with Gasteiger partial charge in [-0.15, -0.1) is 0 Å². The SMILES string of the molecule is CC1CC(C2CCCC(C(=O)O)N2)CCN1. The lowest BCUT2D eigenvalue weighted by atomic mass is 9.82. The molecule has 2 aliphatic rings. The van der Waals surface area contributed by atoms with Gasteiger partial charge in [0, 0.05) is 12.1 Å². The third kappa shape index (κ3) is 2.74. The second-order valence-electron chi connectivity index (χ2n) is 5.23. The molecule has 2 aliphatic heterocycles. The number of hydrogen-bond acceptors (Lipinski definition) is 3. The molecule has 92 valence electrons. The summed E-state index contributed by atoms with van der Waals surface area (Å²) < 4.78 is 0.